The second-order valence-electron chi connectivity index (χ2n) is 6.97. The van der Waals surface area contributed by atoms with Gasteiger partial charge in [-0.15, -0.1) is 0 Å². The first kappa shape index (κ1) is 21.3. The van der Waals surface area contributed by atoms with Crippen LogP contribution >= 0.6 is 0 Å². The fourth-order valence-corrected chi connectivity index (χ4v) is 2.87. The number of aliphatic carboxylic acids is 1. The molecule has 0 fully saturated rings. The Labute approximate surface area is 158 Å². The summed E-state index contributed by atoms with van der Waals surface area (Å²) in [6.07, 6.45) is -4.56. The number of nitrogens with one attached hydrogen (secondary N) is 1. The first-order valence-corrected chi connectivity index (χ1v) is 8.23. The lowest BCUT2D eigenvalue weighted by atomic mass is 9.88. The molecule has 3 N–H and O–H groups in total. The highest BCUT2D eigenvalue weighted by Crippen LogP contribution is 2.34. The van der Waals surface area contributed by atoms with Crippen molar-refractivity contribution in [3.63, 3.8) is 0 Å². The van der Waals surface area contributed by atoms with Crippen LogP contribution in [0.1, 0.15) is 31.4 Å². The minimum atomic E-state index is -4.48. The van der Waals surface area contributed by atoms with E-state index >= 15 is 0 Å². The molecule has 2 amide bonds. The average molecular weight is 400 g/mol. The van der Waals surface area contributed by atoms with E-state index in [1.807, 2.05) is 5.32 Å². The van der Waals surface area contributed by atoms with Crippen LogP contribution in [-0.2, 0) is 27.1 Å². The minimum absolute atomic E-state index is 0.0742. The molecule has 0 saturated carbocycles. The number of aliphatic hydroxyl groups excluding tert-OH is 1. The monoisotopic (exact) mass is 400 g/mol. The Hall–Kier alpha value is -3.04. The Morgan fingerprint density at radius 1 is 1.21 bits per heavy atom. The molecule has 152 valence electrons. The van der Waals surface area contributed by atoms with Crippen molar-refractivity contribution in [1.29, 1.82) is 0 Å². The summed E-state index contributed by atoms with van der Waals surface area (Å²) in [5.41, 5.74) is -1.92. The number of carboxylic acid groups (broad SMARTS) is 1. The molecular formula is C18H19F3N2O5. The van der Waals surface area contributed by atoms with E-state index < -0.39 is 52.9 Å². The molecule has 1 aromatic carbocycles. The first-order chi connectivity index (χ1) is 12.8. The predicted molar refractivity (Wildman–Crippen MR) is 91.0 cm³/mol. The largest absolute Gasteiger partial charge is 0.511 e. The predicted octanol–water partition coefficient (Wildman–Crippen LogP) is 2.23. The lowest BCUT2D eigenvalue weighted by molar-refractivity contribution is -0.140. The zero-order valence-corrected chi connectivity index (χ0v) is 15.1. The molecule has 0 radical (unpaired) electrons. The number of amides is 2. The Kier molecular flexibility index (Phi) is 5.72. The number of alkyl halides is 3. The summed E-state index contributed by atoms with van der Waals surface area (Å²) < 4.78 is 38.1. The summed E-state index contributed by atoms with van der Waals surface area (Å²) >= 11 is 0. The lowest BCUT2D eigenvalue weighted by Crippen LogP contribution is -2.53. The van der Waals surface area contributed by atoms with Crippen LogP contribution in [0.15, 0.2) is 35.6 Å². The van der Waals surface area contributed by atoms with E-state index in [2.05, 4.69) is 0 Å². The quantitative estimate of drug-likeness (QED) is 0.657. The van der Waals surface area contributed by atoms with E-state index in [0.717, 1.165) is 12.1 Å². The van der Waals surface area contributed by atoms with Gasteiger partial charge in [-0.25, -0.2) is 0 Å². The average Bonchev–Trinajstić information content (AvgIpc) is 2.55. The standard InChI is InChI=1S/C18H19F3N2O5/c1-17(2)7-12(24)14(15(27)22-8-13(25)26)16(28)23(17)9-10-3-5-11(6-4-10)18(19,20)21/h3-6,24H,7-9H2,1-2H3,(H,22,27)(H,25,26). The summed E-state index contributed by atoms with van der Waals surface area (Å²) in [5, 5.41) is 20.8. The van der Waals surface area contributed by atoms with Crippen LogP contribution in [0, 0.1) is 0 Å². The highest BCUT2D eigenvalue weighted by molar-refractivity contribution is 6.19. The molecule has 0 unspecified atom stereocenters. The van der Waals surface area contributed by atoms with Crippen LogP contribution in [0.5, 0.6) is 0 Å². The zero-order valence-electron chi connectivity index (χ0n) is 15.1. The van der Waals surface area contributed by atoms with Gasteiger partial charge in [0.2, 0.25) is 0 Å². The van der Waals surface area contributed by atoms with Crippen LogP contribution in [0.4, 0.5) is 13.2 Å². The van der Waals surface area contributed by atoms with Gasteiger partial charge in [0.15, 0.2) is 0 Å². The minimum Gasteiger partial charge on any atom is -0.511 e. The molecule has 0 aliphatic carbocycles. The fraction of sp³-hybridized carbons (Fsp3) is 0.389. The van der Waals surface area contributed by atoms with Gasteiger partial charge < -0.3 is 20.4 Å². The van der Waals surface area contributed by atoms with Crippen molar-refractivity contribution in [3.05, 3.63) is 46.7 Å². The summed E-state index contributed by atoms with van der Waals surface area (Å²) in [6, 6.07) is 4.25. The molecule has 0 spiro atoms. The third-order valence-corrected chi connectivity index (χ3v) is 4.33. The van der Waals surface area contributed by atoms with E-state index in [4.69, 9.17) is 5.11 Å². The molecule has 2 rings (SSSR count). The highest BCUT2D eigenvalue weighted by atomic mass is 19.4. The van der Waals surface area contributed by atoms with Crippen LogP contribution < -0.4 is 5.32 Å². The molecule has 7 nitrogen and oxygen atoms in total. The van der Waals surface area contributed by atoms with Crippen molar-refractivity contribution in [2.24, 2.45) is 0 Å². The topological polar surface area (TPSA) is 107 Å². The molecule has 10 heteroatoms. The second kappa shape index (κ2) is 7.53. The number of hydrogen-bond acceptors (Lipinski definition) is 4. The molecular weight excluding hydrogens is 381 g/mol. The number of hydrogen-bond donors (Lipinski definition) is 3. The van der Waals surface area contributed by atoms with Crippen LogP contribution in [-0.4, -0.2) is 45.0 Å². The van der Waals surface area contributed by atoms with E-state index in [-0.39, 0.29) is 13.0 Å². The van der Waals surface area contributed by atoms with Gasteiger partial charge in [0.1, 0.15) is 17.9 Å². The van der Waals surface area contributed by atoms with Crippen LogP contribution in [0.25, 0.3) is 0 Å². The SMILES string of the molecule is CC1(C)CC(O)=C(C(=O)NCC(=O)O)C(=O)N1Cc1ccc(C(F)(F)F)cc1. The maximum absolute atomic E-state index is 12.8. The molecule has 0 bridgehead atoms. The van der Waals surface area contributed by atoms with Gasteiger partial charge in [-0.2, -0.15) is 13.2 Å². The van der Waals surface area contributed by atoms with Gasteiger partial charge >= 0.3 is 12.1 Å². The van der Waals surface area contributed by atoms with E-state index in [9.17, 15) is 32.7 Å². The number of carboxylic acids is 1. The molecule has 0 aromatic heterocycles. The fourth-order valence-electron chi connectivity index (χ4n) is 2.87. The maximum atomic E-state index is 12.8. The highest BCUT2D eigenvalue weighted by Gasteiger charge is 2.42. The second-order valence-corrected chi connectivity index (χ2v) is 6.97. The third kappa shape index (κ3) is 4.62. The van der Waals surface area contributed by atoms with Gasteiger partial charge in [-0.3, -0.25) is 14.4 Å². The van der Waals surface area contributed by atoms with Crippen LogP contribution in [0.2, 0.25) is 0 Å². The summed E-state index contributed by atoms with van der Waals surface area (Å²) in [7, 11) is 0. The maximum Gasteiger partial charge on any atom is 0.416 e. The van der Waals surface area contributed by atoms with Crippen molar-refractivity contribution in [3.8, 4) is 0 Å². The summed E-state index contributed by atoms with van der Waals surface area (Å²) in [6.45, 7) is 2.45. The van der Waals surface area contributed by atoms with Crippen molar-refractivity contribution in [1.82, 2.24) is 10.2 Å². The number of carbonyl (C=O) groups excluding carboxylic acids is 2. The Morgan fingerprint density at radius 3 is 2.29 bits per heavy atom. The molecule has 0 saturated heterocycles. The van der Waals surface area contributed by atoms with Gasteiger partial charge in [0.25, 0.3) is 11.8 Å². The number of nitrogens with zero attached hydrogens (tertiary/aromatic N) is 1. The number of halogens is 3. The molecule has 1 aromatic rings. The third-order valence-electron chi connectivity index (χ3n) is 4.33. The molecule has 1 heterocycles. The number of rotatable bonds is 5. The number of carbonyl (C=O) groups is 3. The lowest BCUT2D eigenvalue weighted by Gasteiger charge is -2.42. The Bertz CT molecular complexity index is 829. The molecule has 1 aliphatic heterocycles. The van der Waals surface area contributed by atoms with Gasteiger partial charge in [-0.1, -0.05) is 12.1 Å². The van der Waals surface area contributed by atoms with Crippen molar-refractivity contribution in [2.45, 2.75) is 38.5 Å². The van der Waals surface area contributed by atoms with Gasteiger partial charge in [0, 0.05) is 18.5 Å². The molecule has 1 aliphatic rings. The Morgan fingerprint density at radius 2 is 1.79 bits per heavy atom. The van der Waals surface area contributed by atoms with Crippen LogP contribution in [0.3, 0.4) is 0 Å². The molecule has 0 atom stereocenters. The van der Waals surface area contributed by atoms with Crippen molar-refractivity contribution < 1.29 is 37.8 Å². The first-order valence-electron chi connectivity index (χ1n) is 8.23. The number of aliphatic hydroxyl groups is 1. The van der Waals surface area contributed by atoms with Gasteiger partial charge in [0.05, 0.1) is 5.56 Å². The van der Waals surface area contributed by atoms with E-state index in [1.165, 1.54) is 17.0 Å². The summed E-state index contributed by atoms with van der Waals surface area (Å²) in [4.78, 5) is 36.8. The van der Waals surface area contributed by atoms with Crippen molar-refractivity contribution in [2.75, 3.05) is 6.54 Å². The molecule has 28 heavy (non-hydrogen) atoms. The Balaban J connectivity index is 2.27. The summed E-state index contributed by atoms with van der Waals surface area (Å²) in [5.74, 6) is -3.66. The van der Waals surface area contributed by atoms with Gasteiger partial charge in [-0.05, 0) is 31.5 Å². The van der Waals surface area contributed by atoms with E-state index in [1.54, 1.807) is 13.8 Å². The van der Waals surface area contributed by atoms with E-state index in [0.29, 0.717) is 5.56 Å². The normalized spacial score (nSPS) is 16.9. The number of benzene rings is 1. The smallest absolute Gasteiger partial charge is 0.416 e. The zero-order chi connectivity index (χ0) is 21.3. The van der Waals surface area contributed by atoms with Crippen molar-refractivity contribution >= 4 is 17.8 Å².